The minimum absolute atomic E-state index is 1.07. The molecular formula is C11H13NS. The summed E-state index contributed by atoms with van der Waals surface area (Å²) in [6, 6.07) is 10.3. The SMILES string of the molecule is CS.Cc1cc2ccccc2cn1. The molecular weight excluding hydrogens is 178 g/mol. The van der Waals surface area contributed by atoms with Gasteiger partial charge in [0.1, 0.15) is 0 Å². The van der Waals surface area contributed by atoms with Crippen molar-refractivity contribution in [3.63, 3.8) is 0 Å². The summed E-state index contributed by atoms with van der Waals surface area (Å²) in [6.45, 7) is 2.01. The molecule has 0 saturated carbocycles. The summed E-state index contributed by atoms with van der Waals surface area (Å²) in [4.78, 5) is 4.21. The highest BCUT2D eigenvalue weighted by atomic mass is 32.1. The van der Waals surface area contributed by atoms with Crippen molar-refractivity contribution in [1.29, 1.82) is 0 Å². The smallest absolute Gasteiger partial charge is 0.0379 e. The molecule has 0 aliphatic carbocycles. The van der Waals surface area contributed by atoms with E-state index < -0.39 is 0 Å². The number of hydrogen-bond acceptors (Lipinski definition) is 2. The highest BCUT2D eigenvalue weighted by Gasteiger charge is 1.90. The topological polar surface area (TPSA) is 12.9 Å². The van der Waals surface area contributed by atoms with Crippen molar-refractivity contribution in [2.24, 2.45) is 0 Å². The van der Waals surface area contributed by atoms with Gasteiger partial charge < -0.3 is 0 Å². The Labute approximate surface area is 84.2 Å². The number of hydrogen-bond donors (Lipinski definition) is 1. The number of thiol groups is 1. The van der Waals surface area contributed by atoms with Gasteiger partial charge in [-0.15, -0.1) is 0 Å². The predicted octanol–water partition coefficient (Wildman–Crippen LogP) is 3.09. The highest BCUT2D eigenvalue weighted by Crippen LogP contribution is 2.12. The molecule has 0 unspecified atom stereocenters. The van der Waals surface area contributed by atoms with Crippen LogP contribution in [0.25, 0.3) is 10.8 Å². The van der Waals surface area contributed by atoms with Gasteiger partial charge >= 0.3 is 0 Å². The zero-order valence-corrected chi connectivity index (χ0v) is 8.75. The second-order valence-electron chi connectivity index (χ2n) is 2.67. The molecule has 0 saturated heterocycles. The van der Waals surface area contributed by atoms with Gasteiger partial charge in [-0.05, 0) is 24.6 Å². The van der Waals surface area contributed by atoms with E-state index in [2.05, 4.69) is 35.8 Å². The van der Waals surface area contributed by atoms with Gasteiger partial charge in [0.05, 0.1) is 0 Å². The van der Waals surface area contributed by atoms with Crippen LogP contribution < -0.4 is 0 Å². The molecule has 1 aromatic heterocycles. The first-order chi connectivity index (χ1) is 6.36. The van der Waals surface area contributed by atoms with Crippen LogP contribution in [0.5, 0.6) is 0 Å². The van der Waals surface area contributed by atoms with Crippen LogP contribution in [-0.4, -0.2) is 11.2 Å². The molecule has 1 nitrogen and oxygen atoms in total. The lowest BCUT2D eigenvalue weighted by Crippen LogP contribution is -1.79. The molecule has 0 bridgehead atoms. The molecule has 0 atom stereocenters. The number of pyridine rings is 1. The first-order valence-electron chi connectivity index (χ1n) is 4.12. The molecule has 2 heteroatoms. The van der Waals surface area contributed by atoms with Gasteiger partial charge in [-0.1, -0.05) is 24.3 Å². The average Bonchev–Trinajstić information content (AvgIpc) is 2.21. The number of rotatable bonds is 0. The lowest BCUT2D eigenvalue weighted by atomic mass is 10.1. The summed E-state index contributed by atoms with van der Waals surface area (Å²) in [5.74, 6) is 0. The molecule has 0 aliphatic rings. The van der Waals surface area contributed by atoms with Crippen molar-refractivity contribution >= 4 is 23.4 Å². The van der Waals surface area contributed by atoms with Crippen molar-refractivity contribution in [2.45, 2.75) is 6.92 Å². The third kappa shape index (κ3) is 2.46. The van der Waals surface area contributed by atoms with Crippen molar-refractivity contribution in [3.05, 3.63) is 42.2 Å². The normalized spacial score (nSPS) is 9.15. The van der Waals surface area contributed by atoms with Crippen LogP contribution in [0.3, 0.4) is 0 Å². The van der Waals surface area contributed by atoms with Crippen LogP contribution in [0.1, 0.15) is 5.69 Å². The Morgan fingerprint density at radius 2 is 1.69 bits per heavy atom. The summed E-state index contributed by atoms with van der Waals surface area (Å²) in [6.07, 6.45) is 3.60. The monoisotopic (exact) mass is 191 g/mol. The molecule has 1 aromatic carbocycles. The zero-order valence-electron chi connectivity index (χ0n) is 7.86. The van der Waals surface area contributed by atoms with Gasteiger partial charge in [0.2, 0.25) is 0 Å². The Kier molecular flexibility index (Phi) is 3.77. The number of fused-ring (bicyclic) bond motifs is 1. The molecule has 0 radical (unpaired) electrons. The van der Waals surface area contributed by atoms with Crippen LogP contribution >= 0.6 is 12.6 Å². The predicted molar refractivity (Wildman–Crippen MR) is 61.4 cm³/mol. The maximum atomic E-state index is 4.21. The van der Waals surface area contributed by atoms with E-state index in [0.29, 0.717) is 0 Å². The van der Waals surface area contributed by atoms with E-state index in [1.54, 1.807) is 6.26 Å². The maximum Gasteiger partial charge on any atom is 0.0379 e. The molecule has 0 aliphatic heterocycles. The number of aromatic nitrogens is 1. The fourth-order valence-electron chi connectivity index (χ4n) is 1.19. The Morgan fingerprint density at radius 1 is 1.08 bits per heavy atom. The van der Waals surface area contributed by atoms with Crippen LogP contribution in [0.4, 0.5) is 0 Å². The highest BCUT2D eigenvalue weighted by molar-refractivity contribution is 7.79. The van der Waals surface area contributed by atoms with E-state index in [9.17, 15) is 0 Å². The summed E-state index contributed by atoms with van der Waals surface area (Å²) in [7, 11) is 0. The zero-order chi connectivity index (χ0) is 9.68. The molecule has 2 aromatic rings. The Balaban J connectivity index is 0.000000396. The van der Waals surface area contributed by atoms with Crippen LogP contribution in [0.15, 0.2) is 36.5 Å². The Morgan fingerprint density at radius 3 is 2.38 bits per heavy atom. The van der Waals surface area contributed by atoms with Gasteiger partial charge in [-0.2, -0.15) is 12.6 Å². The van der Waals surface area contributed by atoms with Crippen molar-refractivity contribution < 1.29 is 0 Å². The van der Waals surface area contributed by atoms with E-state index >= 15 is 0 Å². The molecule has 0 spiro atoms. The minimum atomic E-state index is 1.07. The number of benzene rings is 1. The van der Waals surface area contributed by atoms with E-state index in [4.69, 9.17) is 0 Å². The first-order valence-corrected chi connectivity index (χ1v) is 5.02. The Bertz CT molecular complexity index is 385. The quantitative estimate of drug-likeness (QED) is 0.631. The van der Waals surface area contributed by atoms with Gasteiger partial charge in [-0.25, -0.2) is 0 Å². The van der Waals surface area contributed by atoms with Gasteiger partial charge in [0.25, 0.3) is 0 Å². The fraction of sp³-hybridized carbons (Fsp3) is 0.182. The van der Waals surface area contributed by atoms with E-state index in [0.717, 1.165) is 5.69 Å². The summed E-state index contributed by atoms with van der Waals surface area (Å²) in [5, 5.41) is 2.47. The number of nitrogens with zero attached hydrogens (tertiary/aromatic N) is 1. The van der Waals surface area contributed by atoms with E-state index in [1.807, 2.05) is 25.3 Å². The molecule has 13 heavy (non-hydrogen) atoms. The Hall–Kier alpha value is -1.02. The van der Waals surface area contributed by atoms with Gasteiger partial charge in [0, 0.05) is 17.3 Å². The average molecular weight is 191 g/mol. The van der Waals surface area contributed by atoms with Gasteiger partial charge in [0.15, 0.2) is 0 Å². The maximum absolute atomic E-state index is 4.21. The van der Waals surface area contributed by atoms with Crippen molar-refractivity contribution in [2.75, 3.05) is 6.26 Å². The fourth-order valence-corrected chi connectivity index (χ4v) is 1.19. The molecule has 68 valence electrons. The standard InChI is InChI=1S/C10H9N.CH4S/c1-8-6-9-4-2-3-5-10(9)7-11-8;1-2/h2-7H,1H3;2H,1H3. The summed E-state index contributed by atoms with van der Waals surface area (Å²) >= 11 is 3.53. The van der Waals surface area contributed by atoms with E-state index in [1.165, 1.54) is 10.8 Å². The van der Waals surface area contributed by atoms with Crippen LogP contribution in [-0.2, 0) is 0 Å². The largest absolute Gasteiger partial charge is 0.261 e. The third-order valence-corrected chi connectivity index (χ3v) is 1.77. The molecule has 1 heterocycles. The second-order valence-corrected chi connectivity index (χ2v) is 2.67. The van der Waals surface area contributed by atoms with Crippen molar-refractivity contribution in [3.8, 4) is 0 Å². The first kappa shape index (κ1) is 10.1. The minimum Gasteiger partial charge on any atom is -0.261 e. The molecule has 0 amide bonds. The molecule has 2 rings (SSSR count). The van der Waals surface area contributed by atoms with Crippen molar-refractivity contribution in [1.82, 2.24) is 4.98 Å². The summed E-state index contributed by atoms with van der Waals surface area (Å²) < 4.78 is 0. The van der Waals surface area contributed by atoms with Crippen LogP contribution in [0, 0.1) is 6.92 Å². The lowest BCUT2D eigenvalue weighted by Gasteiger charge is -1.96. The molecule has 0 fully saturated rings. The molecule has 0 N–H and O–H groups in total. The lowest BCUT2D eigenvalue weighted by molar-refractivity contribution is 1.22. The van der Waals surface area contributed by atoms with E-state index in [-0.39, 0.29) is 0 Å². The second kappa shape index (κ2) is 4.87. The summed E-state index contributed by atoms with van der Waals surface area (Å²) in [5.41, 5.74) is 1.07. The number of aryl methyl sites for hydroxylation is 1. The van der Waals surface area contributed by atoms with Gasteiger partial charge in [-0.3, -0.25) is 4.98 Å². The third-order valence-electron chi connectivity index (χ3n) is 1.77. The van der Waals surface area contributed by atoms with Crippen LogP contribution in [0.2, 0.25) is 0 Å².